The molecule has 2 atom stereocenters. The van der Waals surface area contributed by atoms with E-state index in [1.807, 2.05) is 25.7 Å². The van der Waals surface area contributed by atoms with Crippen molar-refractivity contribution in [1.29, 1.82) is 0 Å². The molecule has 1 aromatic rings. The first-order valence-corrected chi connectivity index (χ1v) is 8.36. The number of rotatable bonds is 1. The van der Waals surface area contributed by atoms with Crippen molar-refractivity contribution in [1.82, 2.24) is 14.9 Å². The number of ether oxygens (including phenoxy) is 1. The number of anilines is 1. The second-order valence-corrected chi connectivity index (χ2v) is 7.79. The Morgan fingerprint density at radius 3 is 2.27 bits per heavy atom. The minimum Gasteiger partial charge on any atom is -0.444 e. The highest BCUT2D eigenvalue weighted by molar-refractivity contribution is 9.10. The van der Waals surface area contributed by atoms with Crippen LogP contribution in [-0.4, -0.2) is 51.7 Å². The minimum atomic E-state index is -0.456. The zero-order chi connectivity index (χ0) is 15.9. The molecule has 0 saturated carbocycles. The maximum Gasteiger partial charge on any atom is 0.410 e. The van der Waals surface area contributed by atoms with Crippen LogP contribution in [0.4, 0.5) is 10.7 Å². The van der Waals surface area contributed by atoms with E-state index in [2.05, 4.69) is 30.8 Å². The number of nitrogens with zero attached hydrogens (tertiary/aromatic N) is 4. The second kappa shape index (κ2) is 5.68. The fraction of sp³-hybridized carbons (Fsp3) is 0.667. The van der Waals surface area contributed by atoms with Gasteiger partial charge in [0, 0.05) is 25.5 Å². The number of amides is 1. The molecule has 7 heteroatoms. The topological polar surface area (TPSA) is 58.6 Å². The van der Waals surface area contributed by atoms with Crippen LogP contribution in [0.5, 0.6) is 0 Å². The molecule has 6 nitrogen and oxygen atoms in total. The summed E-state index contributed by atoms with van der Waals surface area (Å²) in [6, 6.07) is 0.363. The molecule has 0 radical (unpaired) electrons. The van der Waals surface area contributed by atoms with Crippen molar-refractivity contribution >= 4 is 28.0 Å². The van der Waals surface area contributed by atoms with Crippen LogP contribution in [0.1, 0.15) is 33.6 Å². The van der Waals surface area contributed by atoms with Gasteiger partial charge in [-0.25, -0.2) is 14.8 Å². The quantitative estimate of drug-likeness (QED) is 0.762. The number of hydrogen-bond donors (Lipinski definition) is 0. The van der Waals surface area contributed by atoms with E-state index < -0.39 is 5.60 Å². The number of fused-ring (bicyclic) bond motifs is 2. The fourth-order valence-corrected chi connectivity index (χ4v) is 3.35. The molecular weight excluding hydrogens is 348 g/mol. The van der Waals surface area contributed by atoms with E-state index in [0.29, 0.717) is 0 Å². The van der Waals surface area contributed by atoms with Gasteiger partial charge in [0.2, 0.25) is 5.95 Å². The predicted molar refractivity (Wildman–Crippen MR) is 86.8 cm³/mol. The van der Waals surface area contributed by atoms with Crippen molar-refractivity contribution in [2.75, 3.05) is 18.0 Å². The van der Waals surface area contributed by atoms with Crippen molar-refractivity contribution in [2.45, 2.75) is 51.3 Å². The molecule has 120 valence electrons. The predicted octanol–water partition coefficient (Wildman–Crippen LogP) is 2.83. The van der Waals surface area contributed by atoms with E-state index >= 15 is 0 Å². The van der Waals surface area contributed by atoms with Gasteiger partial charge in [0.05, 0.1) is 16.6 Å². The highest BCUT2D eigenvalue weighted by Crippen LogP contribution is 2.32. The number of piperazine rings is 1. The lowest BCUT2D eigenvalue weighted by atomic mass is 10.2. The standard InChI is InChI=1S/C15H21BrN4O2/c1-15(2,3)22-14(21)20-11-4-5-12(20)9-19(8-11)13-17-6-10(16)7-18-13/h6-7,11-12H,4-5,8-9H2,1-3H3. The summed E-state index contributed by atoms with van der Waals surface area (Å²) in [7, 11) is 0. The Balaban J connectivity index is 1.71. The molecule has 0 N–H and O–H groups in total. The zero-order valence-electron chi connectivity index (χ0n) is 13.1. The summed E-state index contributed by atoms with van der Waals surface area (Å²) < 4.78 is 6.41. The molecule has 22 heavy (non-hydrogen) atoms. The van der Waals surface area contributed by atoms with Crippen molar-refractivity contribution in [3.05, 3.63) is 16.9 Å². The second-order valence-electron chi connectivity index (χ2n) is 6.88. The monoisotopic (exact) mass is 368 g/mol. The summed E-state index contributed by atoms with van der Waals surface area (Å²) in [6.45, 7) is 7.23. The summed E-state index contributed by atoms with van der Waals surface area (Å²) in [5.74, 6) is 0.726. The summed E-state index contributed by atoms with van der Waals surface area (Å²) >= 11 is 3.35. The van der Waals surface area contributed by atoms with Crippen LogP contribution in [0.2, 0.25) is 0 Å². The Bertz CT molecular complexity index is 544. The third-order valence-corrected chi connectivity index (χ3v) is 4.39. The molecule has 2 saturated heterocycles. The third-order valence-electron chi connectivity index (χ3n) is 3.98. The molecule has 2 aliphatic rings. The largest absolute Gasteiger partial charge is 0.444 e. The average molecular weight is 369 g/mol. The zero-order valence-corrected chi connectivity index (χ0v) is 14.7. The number of carbonyl (C=O) groups excluding carboxylic acids is 1. The average Bonchev–Trinajstić information content (AvgIpc) is 2.69. The maximum atomic E-state index is 12.4. The van der Waals surface area contributed by atoms with Crippen molar-refractivity contribution in [2.24, 2.45) is 0 Å². The summed E-state index contributed by atoms with van der Waals surface area (Å²) in [4.78, 5) is 25.2. The van der Waals surface area contributed by atoms with E-state index in [4.69, 9.17) is 4.74 Å². The molecule has 2 unspecified atom stereocenters. The van der Waals surface area contributed by atoms with Gasteiger partial charge in [0.25, 0.3) is 0 Å². The molecular formula is C15H21BrN4O2. The van der Waals surface area contributed by atoms with E-state index in [9.17, 15) is 4.79 Å². The number of aromatic nitrogens is 2. The Morgan fingerprint density at radius 1 is 1.23 bits per heavy atom. The number of hydrogen-bond acceptors (Lipinski definition) is 5. The van der Waals surface area contributed by atoms with Crippen molar-refractivity contribution < 1.29 is 9.53 Å². The van der Waals surface area contributed by atoms with E-state index in [0.717, 1.165) is 36.4 Å². The van der Waals surface area contributed by atoms with Crippen LogP contribution in [0, 0.1) is 0 Å². The van der Waals surface area contributed by atoms with E-state index in [1.54, 1.807) is 12.4 Å². The van der Waals surface area contributed by atoms with Gasteiger partial charge in [0.15, 0.2) is 0 Å². The van der Waals surface area contributed by atoms with Crippen LogP contribution in [0.25, 0.3) is 0 Å². The van der Waals surface area contributed by atoms with E-state index in [-0.39, 0.29) is 18.2 Å². The van der Waals surface area contributed by atoms with Crippen LogP contribution < -0.4 is 4.90 Å². The highest BCUT2D eigenvalue weighted by Gasteiger charge is 2.44. The van der Waals surface area contributed by atoms with E-state index in [1.165, 1.54) is 0 Å². The van der Waals surface area contributed by atoms with Gasteiger partial charge in [-0.2, -0.15) is 0 Å². The number of halogens is 1. The Kier molecular flexibility index (Phi) is 4.01. The molecule has 0 spiro atoms. The van der Waals surface area contributed by atoms with Crippen molar-refractivity contribution in [3.8, 4) is 0 Å². The van der Waals surface area contributed by atoms with Gasteiger partial charge in [-0.15, -0.1) is 0 Å². The molecule has 1 amide bonds. The smallest absolute Gasteiger partial charge is 0.410 e. The lowest BCUT2D eigenvalue weighted by molar-refractivity contribution is 0.0122. The number of carbonyl (C=O) groups is 1. The molecule has 2 bridgehead atoms. The first-order valence-electron chi connectivity index (χ1n) is 7.57. The van der Waals surface area contributed by atoms with Gasteiger partial charge < -0.3 is 9.64 Å². The fourth-order valence-electron chi connectivity index (χ4n) is 3.15. The Labute approximate surface area is 139 Å². The highest BCUT2D eigenvalue weighted by atomic mass is 79.9. The molecule has 1 aromatic heterocycles. The summed E-state index contributed by atoms with van der Waals surface area (Å²) in [5.41, 5.74) is -0.456. The van der Waals surface area contributed by atoms with Crippen LogP contribution in [-0.2, 0) is 4.74 Å². The molecule has 3 heterocycles. The van der Waals surface area contributed by atoms with Gasteiger partial charge in [-0.1, -0.05) is 0 Å². The molecule has 0 aliphatic carbocycles. The summed E-state index contributed by atoms with van der Waals surface area (Å²) in [5, 5.41) is 0. The van der Waals surface area contributed by atoms with Crippen molar-refractivity contribution in [3.63, 3.8) is 0 Å². The third kappa shape index (κ3) is 3.19. The van der Waals surface area contributed by atoms with Crippen LogP contribution in [0.3, 0.4) is 0 Å². The minimum absolute atomic E-state index is 0.181. The van der Waals surface area contributed by atoms with Gasteiger partial charge in [-0.3, -0.25) is 4.90 Å². The normalized spacial score (nSPS) is 24.5. The lowest BCUT2D eigenvalue weighted by Gasteiger charge is -2.41. The Hall–Kier alpha value is -1.37. The summed E-state index contributed by atoms with van der Waals surface area (Å²) in [6.07, 6.45) is 5.33. The maximum absolute atomic E-state index is 12.4. The van der Waals surface area contributed by atoms with Gasteiger partial charge >= 0.3 is 6.09 Å². The molecule has 3 rings (SSSR count). The van der Waals surface area contributed by atoms with Crippen LogP contribution in [0.15, 0.2) is 16.9 Å². The molecule has 2 fully saturated rings. The molecule has 0 aromatic carbocycles. The van der Waals surface area contributed by atoms with Crippen LogP contribution >= 0.6 is 15.9 Å². The van der Waals surface area contributed by atoms with Gasteiger partial charge in [-0.05, 0) is 49.5 Å². The SMILES string of the molecule is CC(C)(C)OC(=O)N1C2CCC1CN(c1ncc(Br)cn1)C2. The lowest BCUT2D eigenvalue weighted by Crippen LogP contribution is -2.57. The first-order chi connectivity index (χ1) is 10.3. The Morgan fingerprint density at radius 2 is 1.77 bits per heavy atom. The van der Waals surface area contributed by atoms with Gasteiger partial charge in [0.1, 0.15) is 5.60 Å². The molecule has 2 aliphatic heterocycles. The first kappa shape index (κ1) is 15.5.